The summed E-state index contributed by atoms with van der Waals surface area (Å²) in [4.78, 5) is 25.1. The highest BCUT2D eigenvalue weighted by Crippen LogP contribution is 2.23. The maximum absolute atomic E-state index is 12.6. The number of hydrogen-bond donors (Lipinski definition) is 4. The van der Waals surface area contributed by atoms with Crippen LogP contribution >= 0.6 is 0 Å². The Labute approximate surface area is 239 Å². The van der Waals surface area contributed by atoms with Gasteiger partial charge >= 0.3 is 32.3 Å². The fourth-order valence-corrected chi connectivity index (χ4v) is 5.45. The van der Waals surface area contributed by atoms with Crippen molar-refractivity contribution in [2.75, 3.05) is 32.8 Å². The van der Waals surface area contributed by atoms with Crippen molar-refractivity contribution in [3.05, 3.63) is 72.3 Å². The topological polar surface area (TPSA) is 169 Å². The molecule has 0 spiro atoms. The van der Waals surface area contributed by atoms with Crippen LogP contribution in [0.3, 0.4) is 0 Å². The summed E-state index contributed by atoms with van der Waals surface area (Å²) < 4.78 is 57.2. The quantitative estimate of drug-likeness (QED) is 0.196. The second kappa shape index (κ2) is 13.9. The van der Waals surface area contributed by atoms with Gasteiger partial charge in [-0.25, -0.2) is 9.59 Å². The molecule has 0 aromatic heterocycles. The third-order valence-corrected chi connectivity index (χ3v) is 8.03. The maximum atomic E-state index is 12.6. The van der Waals surface area contributed by atoms with Crippen LogP contribution in [-0.2, 0) is 20.2 Å². The predicted molar refractivity (Wildman–Crippen MR) is 159 cm³/mol. The van der Waals surface area contributed by atoms with Gasteiger partial charge in [-0.2, -0.15) is 16.8 Å². The van der Waals surface area contributed by atoms with Crippen molar-refractivity contribution in [2.45, 2.75) is 33.6 Å². The van der Waals surface area contributed by atoms with Crippen LogP contribution in [0.2, 0.25) is 0 Å². The molecule has 3 aromatic rings. The van der Waals surface area contributed by atoms with Crippen LogP contribution in [-0.4, -0.2) is 40.4 Å². The molecular formula is C27H32N4O8S2. The van der Waals surface area contributed by atoms with Crippen molar-refractivity contribution >= 4 is 55.0 Å². The van der Waals surface area contributed by atoms with E-state index in [4.69, 9.17) is 8.37 Å². The molecule has 0 radical (unpaired) electrons. The number of nitrogens with one attached hydrogen (secondary N) is 4. The lowest BCUT2D eigenvalue weighted by Crippen LogP contribution is -2.21. The summed E-state index contributed by atoms with van der Waals surface area (Å²) in [5.41, 5.74) is 2.41. The highest BCUT2D eigenvalue weighted by molar-refractivity contribution is 7.87. The van der Waals surface area contributed by atoms with Crippen LogP contribution in [0.5, 0.6) is 11.5 Å². The van der Waals surface area contributed by atoms with Crippen LogP contribution in [0, 0.1) is 6.92 Å². The molecule has 0 aliphatic carbocycles. The standard InChI is InChI=1S/C27H32N4O8S2/c1-4-16-40(34,35)38-23-12-8-20(9-13-23)28-26(32)30-22-7-6-19(3)25(18-22)31-27(33)29-21-10-14-24(15-11-21)39-41(36,37)17-5-2/h6-15,18H,4-5,16-17H2,1-3H3,(H2,28,30,32)(H2,29,31,33). The summed E-state index contributed by atoms with van der Waals surface area (Å²) in [7, 11) is -7.33. The fraction of sp³-hybridized carbons (Fsp3) is 0.259. The van der Waals surface area contributed by atoms with Gasteiger partial charge in [0.15, 0.2) is 0 Å². The number of carbonyl (C=O) groups is 2. The Morgan fingerprint density at radius 1 is 0.610 bits per heavy atom. The van der Waals surface area contributed by atoms with Crippen LogP contribution in [0.25, 0.3) is 0 Å². The first-order valence-electron chi connectivity index (χ1n) is 12.7. The van der Waals surface area contributed by atoms with Crippen molar-refractivity contribution in [3.63, 3.8) is 0 Å². The summed E-state index contributed by atoms with van der Waals surface area (Å²) in [6, 6.07) is 15.6. The molecule has 3 rings (SSSR count). The summed E-state index contributed by atoms with van der Waals surface area (Å²) in [6.45, 7) is 5.25. The van der Waals surface area contributed by atoms with Gasteiger partial charge in [0.1, 0.15) is 11.5 Å². The van der Waals surface area contributed by atoms with Gasteiger partial charge in [-0.3, -0.25) is 0 Å². The predicted octanol–water partition coefficient (Wildman–Crippen LogP) is 5.52. The fourth-order valence-electron chi connectivity index (χ4n) is 3.48. The van der Waals surface area contributed by atoms with Crippen molar-refractivity contribution in [1.82, 2.24) is 0 Å². The van der Waals surface area contributed by atoms with Gasteiger partial charge in [-0.05, 0) is 86.0 Å². The van der Waals surface area contributed by atoms with Gasteiger partial charge < -0.3 is 29.6 Å². The Bertz CT molecular complexity index is 1570. The first-order chi connectivity index (χ1) is 19.4. The van der Waals surface area contributed by atoms with Crippen molar-refractivity contribution in [2.24, 2.45) is 0 Å². The molecule has 3 aromatic carbocycles. The second-order valence-electron chi connectivity index (χ2n) is 8.93. The van der Waals surface area contributed by atoms with Gasteiger partial charge in [0.05, 0.1) is 11.5 Å². The molecule has 4 amide bonds. The van der Waals surface area contributed by atoms with Crippen LogP contribution in [0.4, 0.5) is 32.3 Å². The molecule has 0 atom stereocenters. The molecule has 0 unspecified atom stereocenters. The third-order valence-electron chi connectivity index (χ3n) is 5.32. The number of urea groups is 2. The number of amides is 4. The molecule has 12 nitrogen and oxygen atoms in total. The zero-order valence-electron chi connectivity index (χ0n) is 22.8. The minimum Gasteiger partial charge on any atom is -0.382 e. The van der Waals surface area contributed by atoms with Gasteiger partial charge in [0.2, 0.25) is 0 Å². The van der Waals surface area contributed by atoms with Crippen molar-refractivity contribution < 1.29 is 34.8 Å². The molecule has 41 heavy (non-hydrogen) atoms. The lowest BCUT2D eigenvalue weighted by Gasteiger charge is -2.13. The SMILES string of the molecule is CCCS(=O)(=O)Oc1ccc(NC(=O)Nc2ccc(C)c(NC(=O)Nc3ccc(OS(=O)(=O)CCC)cc3)c2)cc1. The van der Waals surface area contributed by atoms with E-state index in [0.29, 0.717) is 35.6 Å². The highest BCUT2D eigenvalue weighted by Gasteiger charge is 2.13. The first kappa shape index (κ1) is 31.2. The van der Waals surface area contributed by atoms with E-state index < -0.39 is 32.3 Å². The lowest BCUT2D eigenvalue weighted by atomic mass is 10.2. The Kier molecular flexibility index (Phi) is 10.6. The van der Waals surface area contributed by atoms with Crippen LogP contribution < -0.4 is 29.6 Å². The molecule has 14 heteroatoms. The largest absolute Gasteiger partial charge is 0.382 e. The maximum Gasteiger partial charge on any atom is 0.323 e. The van der Waals surface area contributed by atoms with E-state index in [9.17, 15) is 26.4 Å². The molecule has 0 aliphatic rings. The third kappa shape index (κ3) is 10.3. The van der Waals surface area contributed by atoms with E-state index in [2.05, 4.69) is 21.3 Å². The van der Waals surface area contributed by atoms with Crippen LogP contribution in [0.1, 0.15) is 32.3 Å². The zero-order chi connectivity index (χ0) is 30.0. The zero-order valence-corrected chi connectivity index (χ0v) is 24.4. The molecule has 0 aliphatic heterocycles. The summed E-state index contributed by atoms with van der Waals surface area (Å²) in [5, 5.41) is 10.7. The monoisotopic (exact) mass is 604 g/mol. The molecule has 0 fully saturated rings. The summed E-state index contributed by atoms with van der Waals surface area (Å²) in [6.07, 6.45) is 0.865. The number of anilines is 4. The second-order valence-corrected chi connectivity index (χ2v) is 12.3. The number of hydrogen-bond acceptors (Lipinski definition) is 8. The van der Waals surface area contributed by atoms with Gasteiger partial charge in [0, 0.05) is 22.7 Å². The minimum absolute atomic E-state index is 0.0968. The number of rotatable bonds is 12. The molecule has 0 saturated heterocycles. The Morgan fingerprint density at radius 3 is 1.44 bits per heavy atom. The molecule has 4 N–H and O–H groups in total. The van der Waals surface area contributed by atoms with Crippen LogP contribution in [0.15, 0.2) is 66.7 Å². The highest BCUT2D eigenvalue weighted by atomic mass is 32.2. The average Bonchev–Trinajstić information content (AvgIpc) is 2.88. The summed E-state index contributed by atoms with van der Waals surface area (Å²) >= 11 is 0. The molecule has 0 heterocycles. The first-order valence-corrected chi connectivity index (χ1v) is 15.8. The minimum atomic E-state index is -3.67. The van der Waals surface area contributed by atoms with E-state index >= 15 is 0 Å². The molecular weight excluding hydrogens is 572 g/mol. The number of carbonyl (C=O) groups excluding carboxylic acids is 2. The smallest absolute Gasteiger partial charge is 0.323 e. The van der Waals surface area contributed by atoms with E-state index in [1.807, 2.05) is 0 Å². The van der Waals surface area contributed by atoms with Crippen molar-refractivity contribution in [3.8, 4) is 11.5 Å². The average molecular weight is 605 g/mol. The summed E-state index contributed by atoms with van der Waals surface area (Å²) in [5.74, 6) is 0.0865. The van der Waals surface area contributed by atoms with Gasteiger partial charge in [0.25, 0.3) is 0 Å². The van der Waals surface area contributed by atoms with E-state index in [1.54, 1.807) is 39.0 Å². The Hall–Kier alpha value is -4.30. The van der Waals surface area contributed by atoms with E-state index in [1.165, 1.54) is 48.5 Å². The van der Waals surface area contributed by atoms with Crippen molar-refractivity contribution in [1.29, 1.82) is 0 Å². The molecule has 0 saturated carbocycles. The number of aryl methyl sites for hydroxylation is 1. The lowest BCUT2D eigenvalue weighted by molar-refractivity contribution is 0.261. The molecule has 220 valence electrons. The van der Waals surface area contributed by atoms with E-state index in [-0.39, 0.29) is 23.0 Å². The Morgan fingerprint density at radius 2 is 1.00 bits per heavy atom. The Balaban J connectivity index is 1.56. The van der Waals surface area contributed by atoms with E-state index in [0.717, 1.165) is 5.56 Å². The van der Waals surface area contributed by atoms with Gasteiger partial charge in [-0.1, -0.05) is 19.9 Å². The number of benzene rings is 3. The molecule has 0 bridgehead atoms. The van der Waals surface area contributed by atoms with Gasteiger partial charge in [-0.15, -0.1) is 0 Å². The normalized spacial score (nSPS) is 11.3.